The summed E-state index contributed by atoms with van der Waals surface area (Å²) in [5, 5.41) is 11.9. The third-order valence-corrected chi connectivity index (χ3v) is 4.53. The Balaban J connectivity index is 1.85. The molecule has 0 aliphatic heterocycles. The molecule has 0 fully saturated rings. The number of carbonyl (C=O) groups is 1. The number of thioether (sulfide) groups is 1. The fourth-order valence-electron chi connectivity index (χ4n) is 2.35. The molecule has 26 heavy (non-hydrogen) atoms. The lowest BCUT2D eigenvalue weighted by atomic mass is 10.2. The van der Waals surface area contributed by atoms with Crippen LogP contribution in [0.2, 0.25) is 0 Å². The van der Waals surface area contributed by atoms with Crippen molar-refractivity contribution < 1.29 is 4.79 Å². The van der Waals surface area contributed by atoms with Gasteiger partial charge in [0, 0.05) is 18.0 Å². The van der Waals surface area contributed by atoms with Gasteiger partial charge in [-0.1, -0.05) is 48.0 Å². The van der Waals surface area contributed by atoms with Gasteiger partial charge < -0.3 is 5.32 Å². The summed E-state index contributed by atoms with van der Waals surface area (Å²) in [6.45, 7) is 0.832. The molecule has 6 nitrogen and oxygen atoms in total. The summed E-state index contributed by atoms with van der Waals surface area (Å²) in [6, 6.07) is 13.8. The van der Waals surface area contributed by atoms with Crippen LogP contribution in [0.5, 0.6) is 0 Å². The topological polar surface area (TPSA) is 72.7 Å². The van der Waals surface area contributed by atoms with Crippen molar-refractivity contribution in [1.82, 2.24) is 25.1 Å². The number of nitrogens with one attached hydrogen (secondary N) is 1. The molecule has 2 heterocycles. The van der Waals surface area contributed by atoms with E-state index in [2.05, 4.69) is 26.4 Å². The molecule has 3 rings (SSSR count). The minimum atomic E-state index is -0.132. The molecule has 0 bridgehead atoms. The largest absolute Gasteiger partial charge is 0.344 e. The predicted molar refractivity (Wildman–Crippen MR) is 101 cm³/mol. The summed E-state index contributed by atoms with van der Waals surface area (Å²) in [5.74, 6) is 3.22. The maximum atomic E-state index is 11.8. The van der Waals surface area contributed by atoms with Crippen molar-refractivity contribution >= 4 is 17.7 Å². The van der Waals surface area contributed by atoms with Gasteiger partial charge in [-0.2, -0.15) is 0 Å². The van der Waals surface area contributed by atoms with E-state index in [0.29, 0.717) is 11.7 Å². The smallest absolute Gasteiger partial charge is 0.231 e. The van der Waals surface area contributed by atoms with E-state index in [4.69, 9.17) is 6.42 Å². The van der Waals surface area contributed by atoms with E-state index < -0.39 is 0 Å². The molecule has 0 atom stereocenters. The average Bonchev–Trinajstić information content (AvgIpc) is 3.08. The zero-order valence-electron chi connectivity index (χ0n) is 14.0. The van der Waals surface area contributed by atoms with Gasteiger partial charge in [-0.15, -0.1) is 16.6 Å². The second-order valence-corrected chi connectivity index (χ2v) is 6.33. The van der Waals surface area contributed by atoms with Gasteiger partial charge in [-0.05, 0) is 17.7 Å². The molecule has 0 aliphatic rings. The van der Waals surface area contributed by atoms with Crippen LogP contribution in [0.15, 0.2) is 60.0 Å². The summed E-state index contributed by atoms with van der Waals surface area (Å²) in [4.78, 5) is 15.9. The van der Waals surface area contributed by atoms with E-state index in [9.17, 15) is 4.79 Å². The Morgan fingerprint density at radius 2 is 1.92 bits per heavy atom. The second kappa shape index (κ2) is 8.83. The molecule has 1 amide bonds. The maximum Gasteiger partial charge on any atom is 0.231 e. The first kappa shape index (κ1) is 17.7. The highest BCUT2D eigenvalue weighted by Gasteiger charge is 2.16. The molecular weight excluding hydrogens is 346 g/mol. The van der Waals surface area contributed by atoms with Crippen LogP contribution < -0.4 is 5.32 Å². The lowest BCUT2D eigenvalue weighted by Crippen LogP contribution is -2.25. The molecule has 0 spiro atoms. The van der Waals surface area contributed by atoms with Gasteiger partial charge in [-0.3, -0.25) is 14.3 Å². The van der Waals surface area contributed by atoms with Crippen LogP contribution in [0.3, 0.4) is 0 Å². The Labute approximate surface area is 156 Å². The molecule has 0 saturated heterocycles. The average molecular weight is 363 g/mol. The number of hydrogen-bond acceptors (Lipinski definition) is 5. The third kappa shape index (κ3) is 4.49. The van der Waals surface area contributed by atoms with Gasteiger partial charge in [0.1, 0.15) is 0 Å². The highest BCUT2D eigenvalue weighted by molar-refractivity contribution is 7.99. The van der Waals surface area contributed by atoms with Crippen LogP contribution in [0.25, 0.3) is 11.4 Å². The Morgan fingerprint density at radius 3 is 2.65 bits per heavy atom. The summed E-state index contributed by atoms with van der Waals surface area (Å²) in [6.07, 6.45) is 8.60. The minimum Gasteiger partial charge on any atom is -0.344 e. The molecule has 2 aromatic heterocycles. The molecule has 0 saturated carbocycles. The lowest BCUT2D eigenvalue weighted by Gasteiger charge is -2.10. The van der Waals surface area contributed by atoms with Gasteiger partial charge in [0.15, 0.2) is 11.0 Å². The molecule has 130 valence electrons. The Bertz CT molecular complexity index is 903. The minimum absolute atomic E-state index is 0.132. The molecular formula is C19H17N5OS. The summed E-state index contributed by atoms with van der Waals surface area (Å²) in [7, 11) is 0. The molecule has 3 aromatic rings. The molecule has 1 N–H and O–H groups in total. The quantitative estimate of drug-likeness (QED) is 0.515. The van der Waals surface area contributed by atoms with Crippen molar-refractivity contribution in [1.29, 1.82) is 0 Å². The lowest BCUT2D eigenvalue weighted by molar-refractivity contribution is -0.118. The van der Waals surface area contributed by atoms with Gasteiger partial charge in [0.05, 0.1) is 18.8 Å². The van der Waals surface area contributed by atoms with Crippen molar-refractivity contribution in [3.05, 3.63) is 60.4 Å². The number of benzene rings is 1. The van der Waals surface area contributed by atoms with Crippen molar-refractivity contribution in [2.75, 3.05) is 12.3 Å². The highest BCUT2D eigenvalue weighted by Crippen LogP contribution is 2.24. The van der Waals surface area contributed by atoms with E-state index in [0.717, 1.165) is 17.0 Å². The van der Waals surface area contributed by atoms with Gasteiger partial charge >= 0.3 is 0 Å². The number of carbonyl (C=O) groups excluding carboxylic acids is 1. The molecule has 0 unspecified atom stereocenters. The zero-order valence-corrected chi connectivity index (χ0v) is 14.8. The predicted octanol–water partition coefficient (Wildman–Crippen LogP) is 2.23. The zero-order chi connectivity index (χ0) is 18.2. The van der Waals surface area contributed by atoms with Crippen LogP contribution in [-0.2, 0) is 11.3 Å². The Hall–Kier alpha value is -3.11. The summed E-state index contributed by atoms with van der Waals surface area (Å²) >= 11 is 1.33. The van der Waals surface area contributed by atoms with Crippen molar-refractivity contribution in [2.24, 2.45) is 0 Å². The molecule has 1 aromatic carbocycles. The van der Waals surface area contributed by atoms with Crippen molar-refractivity contribution in [3.8, 4) is 23.7 Å². The van der Waals surface area contributed by atoms with Crippen LogP contribution in [0.1, 0.15) is 5.56 Å². The van der Waals surface area contributed by atoms with Gasteiger partial charge in [-0.25, -0.2) is 0 Å². The first-order valence-electron chi connectivity index (χ1n) is 7.98. The Morgan fingerprint density at radius 1 is 1.15 bits per heavy atom. The number of pyridine rings is 1. The number of nitrogens with zero attached hydrogens (tertiary/aromatic N) is 4. The van der Waals surface area contributed by atoms with E-state index >= 15 is 0 Å². The fourth-order valence-corrected chi connectivity index (χ4v) is 3.12. The number of aromatic nitrogens is 4. The van der Waals surface area contributed by atoms with E-state index in [1.807, 2.05) is 47.0 Å². The summed E-state index contributed by atoms with van der Waals surface area (Å²) < 4.78 is 2.00. The number of terminal acetylenes is 1. The SMILES string of the molecule is C#CCNC(=O)CSc1nnc(-c2ccncc2)n1Cc1ccccc1. The van der Waals surface area contributed by atoms with Crippen LogP contribution in [-0.4, -0.2) is 38.0 Å². The molecule has 7 heteroatoms. The Kier molecular flexibility index (Phi) is 6.01. The molecule has 0 aliphatic carbocycles. The van der Waals surface area contributed by atoms with E-state index in [-0.39, 0.29) is 18.2 Å². The maximum absolute atomic E-state index is 11.8. The van der Waals surface area contributed by atoms with Crippen LogP contribution in [0.4, 0.5) is 0 Å². The normalized spacial score (nSPS) is 10.3. The van der Waals surface area contributed by atoms with Gasteiger partial charge in [0.25, 0.3) is 0 Å². The number of amides is 1. The highest BCUT2D eigenvalue weighted by atomic mass is 32.2. The second-order valence-electron chi connectivity index (χ2n) is 5.38. The van der Waals surface area contributed by atoms with E-state index in [1.54, 1.807) is 12.4 Å². The number of rotatable bonds is 7. The van der Waals surface area contributed by atoms with Crippen LogP contribution >= 0.6 is 11.8 Å². The van der Waals surface area contributed by atoms with Crippen molar-refractivity contribution in [3.63, 3.8) is 0 Å². The number of hydrogen-bond donors (Lipinski definition) is 1. The van der Waals surface area contributed by atoms with Crippen LogP contribution in [0, 0.1) is 12.3 Å². The molecule has 0 radical (unpaired) electrons. The first-order chi connectivity index (χ1) is 12.8. The fraction of sp³-hybridized carbons (Fsp3) is 0.158. The monoisotopic (exact) mass is 363 g/mol. The van der Waals surface area contributed by atoms with E-state index in [1.165, 1.54) is 11.8 Å². The van der Waals surface area contributed by atoms with Gasteiger partial charge in [0.2, 0.25) is 5.91 Å². The third-order valence-electron chi connectivity index (χ3n) is 3.56. The summed E-state index contributed by atoms with van der Waals surface area (Å²) in [5.41, 5.74) is 2.05. The first-order valence-corrected chi connectivity index (χ1v) is 8.97. The van der Waals surface area contributed by atoms with Crippen molar-refractivity contribution in [2.45, 2.75) is 11.7 Å². The standard InChI is InChI=1S/C19H17N5OS/c1-2-10-21-17(25)14-26-19-23-22-18(16-8-11-20-12-9-16)24(19)13-15-6-4-3-5-7-15/h1,3-9,11-12H,10,13-14H2,(H,21,25).